The third-order valence-corrected chi connectivity index (χ3v) is 6.63. The van der Waals surface area contributed by atoms with Crippen molar-refractivity contribution in [3.63, 3.8) is 0 Å². The summed E-state index contributed by atoms with van der Waals surface area (Å²) in [6, 6.07) is 7.64. The lowest BCUT2D eigenvalue weighted by Gasteiger charge is -2.29. The molecule has 0 aromatic carbocycles. The standard InChI is InChI=1S/C20H24N6O3S/c1-30(28,29)25-11-5-16(6-12-25)20(27)22-10-4-17-14-19-23-18(7-13-26(19)24-17)15-2-8-21-9-3-15/h2-3,7-9,13-14,16H,4-6,10-12H2,1H3,(H,22,27). The van der Waals surface area contributed by atoms with Gasteiger partial charge >= 0.3 is 0 Å². The SMILES string of the molecule is CS(=O)(=O)N1CCC(C(=O)NCCc2cc3nc(-c4ccncc4)ccn3n2)CC1. The fourth-order valence-electron chi connectivity index (χ4n) is 3.64. The number of rotatable bonds is 6. The van der Waals surface area contributed by atoms with Crippen LogP contribution in [-0.2, 0) is 21.2 Å². The normalized spacial score (nSPS) is 16.0. The summed E-state index contributed by atoms with van der Waals surface area (Å²) < 4.78 is 26.3. The molecule has 1 amide bonds. The zero-order chi connectivity index (χ0) is 21.1. The van der Waals surface area contributed by atoms with Crippen LogP contribution in [0.4, 0.5) is 0 Å². The third-order valence-electron chi connectivity index (χ3n) is 5.33. The first-order valence-corrected chi connectivity index (χ1v) is 11.7. The maximum Gasteiger partial charge on any atom is 0.223 e. The van der Waals surface area contributed by atoms with Gasteiger partial charge in [-0.2, -0.15) is 5.10 Å². The summed E-state index contributed by atoms with van der Waals surface area (Å²) >= 11 is 0. The molecule has 1 aliphatic rings. The van der Waals surface area contributed by atoms with Gasteiger partial charge in [-0.1, -0.05) is 0 Å². The maximum atomic E-state index is 12.4. The van der Waals surface area contributed by atoms with E-state index in [-0.39, 0.29) is 11.8 Å². The molecular weight excluding hydrogens is 404 g/mol. The van der Waals surface area contributed by atoms with Crippen LogP contribution in [0, 0.1) is 5.92 Å². The lowest BCUT2D eigenvalue weighted by molar-refractivity contribution is -0.126. The van der Waals surface area contributed by atoms with Gasteiger partial charge in [-0.25, -0.2) is 22.2 Å². The second-order valence-corrected chi connectivity index (χ2v) is 9.45. The molecule has 0 bridgehead atoms. The highest BCUT2D eigenvalue weighted by atomic mass is 32.2. The Hall–Kier alpha value is -2.85. The molecule has 1 fully saturated rings. The van der Waals surface area contributed by atoms with Crippen LogP contribution in [-0.4, -0.2) is 64.1 Å². The molecule has 30 heavy (non-hydrogen) atoms. The average Bonchev–Trinajstić information content (AvgIpc) is 3.15. The molecule has 0 atom stereocenters. The molecule has 1 saturated heterocycles. The minimum atomic E-state index is -3.18. The van der Waals surface area contributed by atoms with Crippen LogP contribution >= 0.6 is 0 Å². The molecule has 1 N–H and O–H groups in total. The highest BCUT2D eigenvalue weighted by Crippen LogP contribution is 2.19. The number of piperidine rings is 1. The zero-order valence-electron chi connectivity index (χ0n) is 16.7. The van der Waals surface area contributed by atoms with Gasteiger partial charge in [-0.3, -0.25) is 9.78 Å². The Kier molecular flexibility index (Phi) is 5.78. The summed E-state index contributed by atoms with van der Waals surface area (Å²) in [6.45, 7) is 1.27. The number of carbonyl (C=O) groups is 1. The fourth-order valence-corrected chi connectivity index (χ4v) is 4.52. The molecule has 0 spiro atoms. The Balaban J connectivity index is 1.31. The highest BCUT2D eigenvalue weighted by molar-refractivity contribution is 7.88. The van der Waals surface area contributed by atoms with Gasteiger partial charge in [0.05, 0.1) is 17.6 Å². The van der Waals surface area contributed by atoms with Crippen molar-refractivity contribution in [2.24, 2.45) is 5.92 Å². The van der Waals surface area contributed by atoms with Gasteiger partial charge in [-0.05, 0) is 31.0 Å². The third kappa shape index (κ3) is 4.65. The number of hydrogen-bond acceptors (Lipinski definition) is 6. The van der Waals surface area contributed by atoms with E-state index in [4.69, 9.17) is 0 Å². The summed E-state index contributed by atoms with van der Waals surface area (Å²) in [5.74, 6) is -0.168. The lowest BCUT2D eigenvalue weighted by atomic mass is 9.97. The number of fused-ring (bicyclic) bond motifs is 1. The van der Waals surface area contributed by atoms with Gasteiger partial charge in [0, 0.05) is 62.2 Å². The number of nitrogens with zero attached hydrogens (tertiary/aromatic N) is 5. The first-order valence-electron chi connectivity index (χ1n) is 9.89. The molecular formula is C20H24N6O3S. The van der Waals surface area contributed by atoms with Crippen molar-refractivity contribution in [2.75, 3.05) is 25.9 Å². The second kappa shape index (κ2) is 8.49. The molecule has 1 aliphatic heterocycles. The number of pyridine rings is 1. The Bertz CT molecular complexity index is 1140. The van der Waals surface area contributed by atoms with Gasteiger partial charge in [-0.15, -0.1) is 0 Å². The van der Waals surface area contributed by atoms with Gasteiger partial charge in [0.1, 0.15) is 0 Å². The lowest BCUT2D eigenvalue weighted by Crippen LogP contribution is -2.42. The smallest absolute Gasteiger partial charge is 0.223 e. The summed E-state index contributed by atoms with van der Waals surface area (Å²) in [4.78, 5) is 21.1. The molecule has 3 aromatic heterocycles. The molecule has 0 aliphatic carbocycles. The van der Waals surface area contributed by atoms with Crippen LogP contribution in [0.15, 0.2) is 42.9 Å². The van der Waals surface area contributed by atoms with Crippen LogP contribution in [0.5, 0.6) is 0 Å². The average molecular weight is 429 g/mol. The molecule has 158 valence electrons. The highest BCUT2D eigenvalue weighted by Gasteiger charge is 2.28. The molecule has 4 heterocycles. The van der Waals surface area contributed by atoms with E-state index >= 15 is 0 Å². The van der Waals surface area contributed by atoms with E-state index in [0.29, 0.717) is 38.9 Å². The van der Waals surface area contributed by atoms with E-state index in [1.165, 1.54) is 10.6 Å². The van der Waals surface area contributed by atoms with E-state index in [1.54, 1.807) is 16.9 Å². The van der Waals surface area contributed by atoms with Gasteiger partial charge in [0.15, 0.2) is 5.65 Å². The van der Waals surface area contributed by atoms with Gasteiger partial charge in [0.2, 0.25) is 15.9 Å². The summed E-state index contributed by atoms with van der Waals surface area (Å²) in [6.07, 6.45) is 8.24. The van der Waals surface area contributed by atoms with Crippen LogP contribution in [0.2, 0.25) is 0 Å². The van der Waals surface area contributed by atoms with E-state index < -0.39 is 10.0 Å². The first kappa shape index (κ1) is 20.4. The van der Waals surface area contributed by atoms with Crippen molar-refractivity contribution >= 4 is 21.6 Å². The summed E-state index contributed by atoms with van der Waals surface area (Å²) in [7, 11) is -3.18. The fraction of sp³-hybridized carbons (Fsp3) is 0.400. The topological polar surface area (TPSA) is 110 Å². The van der Waals surface area contributed by atoms with Crippen molar-refractivity contribution in [1.82, 2.24) is 29.2 Å². The number of carbonyl (C=O) groups excluding carboxylic acids is 1. The molecule has 0 radical (unpaired) electrons. The molecule has 4 rings (SSSR count). The molecule has 3 aromatic rings. The van der Waals surface area contributed by atoms with Gasteiger partial charge in [0.25, 0.3) is 0 Å². The minimum absolute atomic E-state index is 0.0231. The Labute approximate surface area is 175 Å². The first-order chi connectivity index (χ1) is 14.4. The minimum Gasteiger partial charge on any atom is -0.355 e. The Morgan fingerprint density at radius 1 is 1.20 bits per heavy atom. The summed E-state index contributed by atoms with van der Waals surface area (Å²) in [5, 5.41) is 7.46. The number of sulfonamides is 1. The van der Waals surface area contributed by atoms with Crippen LogP contribution in [0.25, 0.3) is 16.9 Å². The monoisotopic (exact) mass is 428 g/mol. The van der Waals surface area contributed by atoms with Gasteiger partial charge < -0.3 is 5.32 Å². The molecule has 9 nitrogen and oxygen atoms in total. The van der Waals surface area contributed by atoms with E-state index in [0.717, 1.165) is 22.6 Å². The maximum absolute atomic E-state index is 12.4. The Morgan fingerprint density at radius 3 is 2.63 bits per heavy atom. The largest absolute Gasteiger partial charge is 0.355 e. The number of nitrogens with one attached hydrogen (secondary N) is 1. The second-order valence-electron chi connectivity index (χ2n) is 7.46. The van der Waals surface area contributed by atoms with E-state index in [2.05, 4.69) is 20.4 Å². The predicted molar refractivity (Wildman–Crippen MR) is 112 cm³/mol. The predicted octanol–water partition coefficient (Wildman–Crippen LogP) is 1.12. The van der Waals surface area contributed by atoms with Crippen molar-refractivity contribution in [1.29, 1.82) is 0 Å². The number of aromatic nitrogens is 4. The van der Waals surface area contributed by atoms with Crippen LogP contribution in [0.3, 0.4) is 0 Å². The van der Waals surface area contributed by atoms with E-state index in [1.807, 2.05) is 30.5 Å². The van der Waals surface area contributed by atoms with Crippen LogP contribution < -0.4 is 5.32 Å². The van der Waals surface area contributed by atoms with Crippen molar-refractivity contribution in [2.45, 2.75) is 19.3 Å². The summed E-state index contributed by atoms with van der Waals surface area (Å²) in [5.41, 5.74) is 3.44. The number of amides is 1. The number of hydrogen-bond donors (Lipinski definition) is 1. The van der Waals surface area contributed by atoms with Crippen molar-refractivity contribution < 1.29 is 13.2 Å². The van der Waals surface area contributed by atoms with E-state index in [9.17, 15) is 13.2 Å². The van der Waals surface area contributed by atoms with Crippen molar-refractivity contribution in [3.05, 3.63) is 48.5 Å². The molecule has 0 saturated carbocycles. The molecule has 0 unspecified atom stereocenters. The molecule has 10 heteroatoms. The Morgan fingerprint density at radius 2 is 1.93 bits per heavy atom. The quantitative estimate of drug-likeness (QED) is 0.630. The van der Waals surface area contributed by atoms with Crippen molar-refractivity contribution in [3.8, 4) is 11.3 Å². The van der Waals surface area contributed by atoms with Crippen LogP contribution in [0.1, 0.15) is 18.5 Å². The zero-order valence-corrected chi connectivity index (χ0v) is 17.5.